The predicted octanol–water partition coefficient (Wildman–Crippen LogP) is 12.3. The minimum absolute atomic E-state index is 0.948. The maximum atomic E-state index is 5.09. The number of hydrogen-bond donors (Lipinski definition) is 0. The van der Waals surface area contributed by atoms with Gasteiger partial charge in [-0.25, -0.2) is 0 Å². The minimum atomic E-state index is 0.948. The number of fused-ring (bicyclic) bond motifs is 7. The molecule has 0 amide bonds. The van der Waals surface area contributed by atoms with Crippen molar-refractivity contribution >= 4 is 76.0 Å². The number of aromatic nitrogens is 2. The van der Waals surface area contributed by atoms with Crippen LogP contribution in [-0.4, -0.2) is 9.97 Å². The van der Waals surface area contributed by atoms with Crippen molar-refractivity contribution in [1.82, 2.24) is 9.97 Å². The van der Waals surface area contributed by atoms with Crippen LogP contribution in [0.15, 0.2) is 158 Å². The maximum Gasteiger partial charge on any atom is 0.0895 e. The Morgan fingerprint density at radius 2 is 1.06 bits per heavy atom. The van der Waals surface area contributed by atoms with Crippen LogP contribution in [-0.2, 0) is 0 Å². The Kier molecular flexibility index (Phi) is 6.89. The first kappa shape index (κ1) is 30.2. The normalized spacial score (nSPS) is 12.7. The van der Waals surface area contributed by atoms with Crippen LogP contribution in [0.4, 0.5) is 0 Å². The van der Waals surface area contributed by atoms with Crippen molar-refractivity contribution in [2.45, 2.75) is 12.8 Å². The molecule has 0 spiro atoms. The van der Waals surface area contributed by atoms with Gasteiger partial charge < -0.3 is 0 Å². The second-order valence-corrected chi connectivity index (χ2v) is 15.1. The van der Waals surface area contributed by atoms with Crippen LogP contribution in [0.3, 0.4) is 0 Å². The first-order valence-electron chi connectivity index (χ1n) is 18.3. The molecule has 0 unspecified atom stereocenters. The largest absolute Gasteiger partial charge is 0.256 e. The van der Waals surface area contributed by atoms with E-state index < -0.39 is 0 Å². The molecule has 11 rings (SSSR count). The molecule has 248 valence electrons. The third-order valence-corrected chi connectivity index (χ3v) is 12.1. The fraction of sp³-hybridized carbons (Fsp3) is 0.0400. The Balaban J connectivity index is 1.13. The van der Waals surface area contributed by atoms with Gasteiger partial charge in [-0.1, -0.05) is 115 Å². The highest BCUT2D eigenvalue weighted by Crippen LogP contribution is 2.40. The molecule has 0 radical (unpaired) electrons. The zero-order valence-electron chi connectivity index (χ0n) is 28.9. The molecule has 0 saturated carbocycles. The van der Waals surface area contributed by atoms with Crippen LogP contribution in [0.2, 0.25) is 0 Å². The molecule has 0 saturated heterocycles. The van der Waals surface area contributed by atoms with Gasteiger partial charge in [0.1, 0.15) is 0 Å². The lowest BCUT2D eigenvalue weighted by atomic mass is 9.84. The van der Waals surface area contributed by atoms with E-state index in [1.807, 2.05) is 12.4 Å². The highest BCUT2D eigenvalue weighted by Gasteiger charge is 2.18. The van der Waals surface area contributed by atoms with Gasteiger partial charge in [0.05, 0.1) is 16.1 Å². The lowest BCUT2D eigenvalue weighted by Gasteiger charge is -2.19. The SMILES string of the molecule is C1=c2c(-c3ccc4ccccc4c3)c3ccc(-c4ccc(-c5nccc6c5sc5ccccc56)cn4)cc3c(-c3ccc4ccccc4c3)c2=CCC1. The monoisotopic (exact) mass is 692 g/mol. The molecule has 2 nitrogen and oxygen atoms in total. The molecule has 3 heterocycles. The molecule has 3 aromatic heterocycles. The van der Waals surface area contributed by atoms with Crippen molar-refractivity contribution in [2.24, 2.45) is 0 Å². The third-order valence-electron chi connectivity index (χ3n) is 11.0. The van der Waals surface area contributed by atoms with Crippen LogP contribution in [0.25, 0.3) is 109 Å². The summed E-state index contributed by atoms with van der Waals surface area (Å²) in [4.78, 5) is 9.93. The fourth-order valence-corrected chi connectivity index (χ4v) is 9.65. The molecule has 0 aliphatic heterocycles. The molecular formula is C50H32N2S. The van der Waals surface area contributed by atoms with Crippen LogP contribution in [0, 0.1) is 0 Å². The molecule has 0 atom stereocenters. The van der Waals surface area contributed by atoms with E-state index in [0.29, 0.717) is 0 Å². The van der Waals surface area contributed by atoms with Crippen LogP contribution in [0.5, 0.6) is 0 Å². The number of thiophene rings is 1. The number of nitrogens with zero attached hydrogens (tertiary/aromatic N) is 2. The molecule has 1 aliphatic carbocycles. The predicted molar refractivity (Wildman–Crippen MR) is 227 cm³/mol. The van der Waals surface area contributed by atoms with E-state index in [0.717, 1.165) is 35.4 Å². The van der Waals surface area contributed by atoms with Gasteiger partial charge in [-0.2, -0.15) is 0 Å². The zero-order valence-corrected chi connectivity index (χ0v) is 29.7. The van der Waals surface area contributed by atoms with E-state index in [2.05, 4.69) is 158 Å². The molecule has 53 heavy (non-hydrogen) atoms. The smallest absolute Gasteiger partial charge is 0.0895 e. The van der Waals surface area contributed by atoms with Gasteiger partial charge in [-0.15, -0.1) is 11.3 Å². The lowest BCUT2D eigenvalue weighted by molar-refractivity contribution is 1.12. The van der Waals surface area contributed by atoms with E-state index in [4.69, 9.17) is 9.97 Å². The van der Waals surface area contributed by atoms with Crippen molar-refractivity contribution < 1.29 is 0 Å². The number of benzene rings is 7. The van der Waals surface area contributed by atoms with Crippen molar-refractivity contribution in [3.05, 3.63) is 168 Å². The zero-order chi connectivity index (χ0) is 34.9. The van der Waals surface area contributed by atoms with Crippen molar-refractivity contribution in [1.29, 1.82) is 0 Å². The van der Waals surface area contributed by atoms with Gasteiger partial charge in [-0.3, -0.25) is 9.97 Å². The summed E-state index contributed by atoms with van der Waals surface area (Å²) in [6.45, 7) is 0. The molecule has 0 bridgehead atoms. The Labute approximate surface area is 310 Å². The topological polar surface area (TPSA) is 25.8 Å². The van der Waals surface area contributed by atoms with E-state index in [9.17, 15) is 0 Å². The molecular weight excluding hydrogens is 661 g/mol. The van der Waals surface area contributed by atoms with Crippen molar-refractivity contribution in [2.75, 3.05) is 0 Å². The van der Waals surface area contributed by atoms with E-state index >= 15 is 0 Å². The van der Waals surface area contributed by atoms with E-state index in [-0.39, 0.29) is 0 Å². The molecule has 1 aliphatic rings. The molecule has 7 aromatic carbocycles. The Hall–Kier alpha value is -6.42. The van der Waals surface area contributed by atoms with Gasteiger partial charge in [-0.05, 0) is 120 Å². The van der Waals surface area contributed by atoms with Gasteiger partial charge in [0, 0.05) is 39.0 Å². The Morgan fingerprint density at radius 3 is 1.75 bits per heavy atom. The summed E-state index contributed by atoms with van der Waals surface area (Å²) in [5.74, 6) is 0. The highest BCUT2D eigenvalue weighted by atomic mass is 32.1. The van der Waals surface area contributed by atoms with Crippen LogP contribution < -0.4 is 10.4 Å². The minimum Gasteiger partial charge on any atom is -0.256 e. The van der Waals surface area contributed by atoms with Crippen LogP contribution >= 0.6 is 11.3 Å². The van der Waals surface area contributed by atoms with Gasteiger partial charge in [0.2, 0.25) is 0 Å². The lowest BCUT2D eigenvalue weighted by Crippen LogP contribution is -2.31. The standard InChI is InChI=1S/C50H32N2S/c1-3-11-33-27-36(19-17-31(33)9-1)47-40-14-5-6-15-41(40)48(37-20-18-32-10-2-4-12-34(32)28-37)44-29-35(21-23-42(44)47)45-24-22-38(30-52-45)49-50-43(25-26-51-49)39-13-7-8-16-46(39)53-50/h1-4,7-30H,5-6H2. The summed E-state index contributed by atoms with van der Waals surface area (Å²) < 4.78 is 2.48. The Bertz CT molecular complexity index is 3230. The van der Waals surface area contributed by atoms with Gasteiger partial charge >= 0.3 is 0 Å². The first-order chi connectivity index (χ1) is 26.3. The first-order valence-corrected chi connectivity index (χ1v) is 19.1. The molecule has 3 heteroatoms. The number of hydrogen-bond acceptors (Lipinski definition) is 3. The molecule has 0 N–H and O–H groups in total. The number of rotatable bonds is 4. The summed E-state index contributed by atoms with van der Waals surface area (Å²) in [6, 6.07) is 53.2. The summed E-state index contributed by atoms with van der Waals surface area (Å²) in [6.07, 6.45) is 10.9. The fourth-order valence-electron chi connectivity index (χ4n) is 8.44. The average Bonchev–Trinajstić information content (AvgIpc) is 3.61. The summed E-state index contributed by atoms with van der Waals surface area (Å²) in [5.41, 5.74) is 9.15. The van der Waals surface area contributed by atoms with E-state index in [1.54, 1.807) is 11.3 Å². The molecule has 10 aromatic rings. The van der Waals surface area contributed by atoms with Crippen molar-refractivity contribution in [3.8, 4) is 44.8 Å². The van der Waals surface area contributed by atoms with Gasteiger partial charge in [0.25, 0.3) is 0 Å². The highest BCUT2D eigenvalue weighted by molar-refractivity contribution is 7.26. The van der Waals surface area contributed by atoms with Gasteiger partial charge in [0.15, 0.2) is 0 Å². The third kappa shape index (κ3) is 4.92. The second-order valence-electron chi connectivity index (χ2n) is 14.0. The van der Waals surface area contributed by atoms with Crippen LogP contribution in [0.1, 0.15) is 12.8 Å². The summed E-state index contributed by atoms with van der Waals surface area (Å²) >= 11 is 1.80. The summed E-state index contributed by atoms with van der Waals surface area (Å²) in [5, 5.41) is 12.7. The van der Waals surface area contributed by atoms with Crippen molar-refractivity contribution in [3.63, 3.8) is 0 Å². The maximum absolute atomic E-state index is 5.09. The Morgan fingerprint density at radius 1 is 0.434 bits per heavy atom. The second kappa shape index (κ2) is 12.1. The van der Waals surface area contributed by atoms with E-state index in [1.165, 1.54) is 85.2 Å². The number of pyridine rings is 2. The molecule has 0 fully saturated rings. The summed E-state index contributed by atoms with van der Waals surface area (Å²) in [7, 11) is 0. The quantitative estimate of drug-likeness (QED) is 0.183. The average molecular weight is 693 g/mol.